The average molecular weight is 1040 g/mol. The molecule has 0 amide bonds. The highest BCUT2D eigenvalue weighted by molar-refractivity contribution is 7.61. The van der Waals surface area contributed by atoms with Gasteiger partial charge in [0, 0.05) is 19.0 Å². The molecule has 0 spiro atoms. The second kappa shape index (κ2) is 37.6. The molecule has 71 heavy (non-hydrogen) atoms. The van der Waals surface area contributed by atoms with Crippen LogP contribution in [0, 0.1) is 0 Å². The molecule has 1 fully saturated rings. The zero-order valence-corrected chi connectivity index (χ0v) is 43.1. The van der Waals surface area contributed by atoms with Crippen LogP contribution in [0.3, 0.4) is 0 Å². The Hall–Kier alpha value is -4.10. The van der Waals surface area contributed by atoms with Crippen molar-refractivity contribution in [1.82, 2.24) is 9.55 Å². The number of unbranched alkanes of at least 4 members (excludes halogenated alkanes) is 9. The number of nitrogens with zero attached hydrogens (tertiary/aromatic N) is 2. The molecule has 0 aromatic carbocycles. The van der Waals surface area contributed by atoms with Crippen molar-refractivity contribution < 1.29 is 71.4 Å². The number of ether oxygens (including phenoxy) is 3. The van der Waals surface area contributed by atoms with Crippen LogP contribution in [0.15, 0.2) is 102 Å². The van der Waals surface area contributed by atoms with E-state index < -0.39 is 89.8 Å². The number of nitrogen functional groups attached to an aromatic ring is 1. The molecule has 0 bridgehead atoms. The van der Waals surface area contributed by atoms with Gasteiger partial charge in [-0.05, 0) is 83.1 Å². The number of carbonyl (C=O) groups is 2. The maximum Gasteiger partial charge on any atom is 0.481 e. The zero-order valence-electron chi connectivity index (χ0n) is 41.4. The number of aliphatic hydroxyl groups excluding tert-OH is 3. The summed E-state index contributed by atoms with van der Waals surface area (Å²) < 4.78 is 56.6. The van der Waals surface area contributed by atoms with Crippen molar-refractivity contribution in [2.24, 2.45) is 0 Å². The first-order valence-corrected chi connectivity index (χ1v) is 27.7. The number of aliphatic hydroxyl groups is 3. The number of aromatic nitrogens is 2. The summed E-state index contributed by atoms with van der Waals surface area (Å²) in [5.74, 6) is -1.42. The number of allylic oxidation sites excluding steroid dienone is 13. The fraction of sp³-hybridized carbons (Fsp3) is 0.600. The third-order valence-corrected chi connectivity index (χ3v) is 13.2. The molecule has 1 saturated heterocycles. The average Bonchev–Trinajstić information content (AvgIpc) is 3.61. The van der Waals surface area contributed by atoms with E-state index in [2.05, 4.69) is 58.8 Å². The molecule has 1 aromatic heterocycles. The topological polar surface area (TPSA) is 286 Å². The van der Waals surface area contributed by atoms with Crippen LogP contribution in [0.5, 0.6) is 0 Å². The summed E-state index contributed by atoms with van der Waals surface area (Å²) in [6, 6.07) is 1.24. The highest BCUT2D eigenvalue weighted by Crippen LogP contribution is 2.60. The first-order valence-electron chi connectivity index (χ1n) is 24.7. The van der Waals surface area contributed by atoms with E-state index in [0.717, 1.165) is 75.0 Å². The molecule has 7 N–H and O–H groups in total. The summed E-state index contributed by atoms with van der Waals surface area (Å²) in [6.07, 6.45) is 36.2. The Morgan fingerprint density at radius 1 is 0.746 bits per heavy atom. The van der Waals surface area contributed by atoms with Gasteiger partial charge in [-0.1, -0.05) is 131 Å². The minimum absolute atomic E-state index is 0.0101. The lowest BCUT2D eigenvalue weighted by Gasteiger charge is -2.21. The van der Waals surface area contributed by atoms with Gasteiger partial charge in [-0.2, -0.15) is 9.29 Å². The van der Waals surface area contributed by atoms with Crippen LogP contribution in [-0.2, 0) is 46.3 Å². The van der Waals surface area contributed by atoms with Gasteiger partial charge < -0.3 is 45.1 Å². The van der Waals surface area contributed by atoms with Crippen LogP contribution in [-0.4, -0.2) is 96.9 Å². The van der Waals surface area contributed by atoms with Gasteiger partial charge in [0.2, 0.25) is 0 Å². The van der Waals surface area contributed by atoms with Crippen molar-refractivity contribution >= 4 is 33.4 Å². The minimum Gasteiger partial charge on any atom is -0.462 e. The standard InChI is InChI=1S/C50H79N3O16P2/c1-3-5-6-7-8-9-10-11-12-17-20-23-26-29-32-35-46(56)67-42(38-64-45(55)34-31-28-25-22-19-16-14-13-15-18-21-24-27-30-33-41(54)4-2)39-65-70(60,61)69-71(62,63)66-40-43-47(57)48(58)49(68-43)53-37-36-44(51)52-50(53)59/h8-9,11-12,14-16,18,22,24-25,27,30,33,36-37,41-43,47-49,54,57-58H,3-7,10,13,17,19-21,23,26,28-29,31-32,34-35,38-40H2,1-2H3,(H,60,61)(H,62,63)(H2,51,52,59)/b9-8-,12-11-,16-14-,18-15-,25-22-,27-24-,33-30+/t41-,42+,43+,47+,48+,49+/m0/s1. The number of hydrogen-bond donors (Lipinski definition) is 6. The lowest BCUT2D eigenvalue weighted by atomic mass is 10.1. The first kappa shape index (κ1) is 63.0. The molecule has 1 aliphatic rings. The first-order chi connectivity index (χ1) is 34.1. The summed E-state index contributed by atoms with van der Waals surface area (Å²) in [4.78, 5) is 61.8. The van der Waals surface area contributed by atoms with E-state index in [0.29, 0.717) is 25.7 Å². The van der Waals surface area contributed by atoms with Gasteiger partial charge in [-0.15, -0.1) is 0 Å². The number of rotatable bonds is 39. The van der Waals surface area contributed by atoms with Crippen molar-refractivity contribution in [3.63, 3.8) is 0 Å². The predicted molar refractivity (Wildman–Crippen MR) is 271 cm³/mol. The molecular formula is C50H79N3O16P2. The van der Waals surface area contributed by atoms with Crippen LogP contribution in [0.4, 0.5) is 5.82 Å². The number of hydrogen-bond acceptors (Lipinski definition) is 16. The van der Waals surface area contributed by atoms with E-state index in [4.69, 9.17) is 29.0 Å². The molecule has 400 valence electrons. The normalized spacial score (nSPS) is 20.3. The van der Waals surface area contributed by atoms with Gasteiger partial charge >= 0.3 is 33.3 Å². The summed E-state index contributed by atoms with van der Waals surface area (Å²) >= 11 is 0. The Labute approximate surface area is 419 Å². The maximum absolute atomic E-state index is 12.8. The molecule has 21 heteroatoms. The Bertz CT molecular complexity index is 2040. The van der Waals surface area contributed by atoms with Gasteiger partial charge in [-0.25, -0.2) is 13.9 Å². The summed E-state index contributed by atoms with van der Waals surface area (Å²) in [5, 5.41) is 30.4. The summed E-state index contributed by atoms with van der Waals surface area (Å²) in [7, 11) is -10.9. The molecule has 0 saturated carbocycles. The molecule has 1 aliphatic heterocycles. The molecule has 0 radical (unpaired) electrons. The van der Waals surface area contributed by atoms with Crippen LogP contribution < -0.4 is 11.4 Å². The Morgan fingerprint density at radius 2 is 1.31 bits per heavy atom. The van der Waals surface area contributed by atoms with Gasteiger partial charge in [0.05, 0.1) is 19.3 Å². The summed E-state index contributed by atoms with van der Waals surface area (Å²) in [5.41, 5.74) is 4.57. The van der Waals surface area contributed by atoms with E-state index in [1.807, 2.05) is 43.4 Å². The Kier molecular flexibility index (Phi) is 33.4. The number of nitrogens with two attached hydrogens (primary N) is 1. The fourth-order valence-electron chi connectivity index (χ4n) is 6.62. The Morgan fingerprint density at radius 3 is 1.94 bits per heavy atom. The molecule has 19 nitrogen and oxygen atoms in total. The van der Waals surface area contributed by atoms with Crippen molar-refractivity contribution in [2.75, 3.05) is 25.6 Å². The van der Waals surface area contributed by atoms with E-state index in [-0.39, 0.29) is 18.7 Å². The van der Waals surface area contributed by atoms with E-state index in [9.17, 15) is 48.6 Å². The number of phosphoric ester groups is 2. The largest absolute Gasteiger partial charge is 0.481 e. The van der Waals surface area contributed by atoms with Crippen LogP contribution in [0.25, 0.3) is 0 Å². The van der Waals surface area contributed by atoms with E-state index in [1.165, 1.54) is 25.3 Å². The number of esters is 2. The van der Waals surface area contributed by atoms with Gasteiger partial charge in [0.25, 0.3) is 0 Å². The fourth-order valence-corrected chi connectivity index (χ4v) is 8.73. The van der Waals surface area contributed by atoms with Gasteiger partial charge in [0.1, 0.15) is 30.7 Å². The predicted octanol–water partition coefficient (Wildman–Crippen LogP) is 8.86. The quantitative estimate of drug-likeness (QED) is 0.0118. The van der Waals surface area contributed by atoms with Crippen molar-refractivity contribution in [2.45, 2.75) is 173 Å². The van der Waals surface area contributed by atoms with E-state index in [1.54, 1.807) is 6.08 Å². The summed E-state index contributed by atoms with van der Waals surface area (Å²) in [6.45, 7) is 1.71. The van der Waals surface area contributed by atoms with Gasteiger partial charge in [-0.3, -0.25) is 23.2 Å². The monoisotopic (exact) mass is 1040 g/mol. The molecule has 2 unspecified atom stereocenters. The number of phosphoric acid groups is 2. The highest BCUT2D eigenvalue weighted by Gasteiger charge is 2.46. The van der Waals surface area contributed by atoms with Crippen molar-refractivity contribution in [3.8, 4) is 0 Å². The highest BCUT2D eigenvalue weighted by atomic mass is 31.3. The van der Waals surface area contributed by atoms with Crippen LogP contribution >= 0.6 is 15.6 Å². The Balaban J connectivity index is 1.85. The van der Waals surface area contributed by atoms with Gasteiger partial charge in [0.15, 0.2) is 12.3 Å². The van der Waals surface area contributed by atoms with Crippen LogP contribution in [0.2, 0.25) is 0 Å². The van der Waals surface area contributed by atoms with Crippen molar-refractivity contribution in [1.29, 1.82) is 0 Å². The zero-order chi connectivity index (χ0) is 52.2. The molecule has 1 aromatic rings. The van der Waals surface area contributed by atoms with Crippen molar-refractivity contribution in [3.05, 3.63) is 108 Å². The molecule has 2 rings (SSSR count). The molecule has 2 heterocycles. The second-order valence-corrected chi connectivity index (χ2v) is 19.8. The third-order valence-electron chi connectivity index (χ3n) is 10.6. The third kappa shape index (κ3) is 30.5. The molecular weight excluding hydrogens is 961 g/mol. The minimum atomic E-state index is -5.45. The number of anilines is 1. The van der Waals surface area contributed by atoms with Crippen LogP contribution in [0.1, 0.15) is 142 Å². The number of carbonyl (C=O) groups excluding carboxylic acids is 2. The molecule has 0 aliphatic carbocycles. The maximum atomic E-state index is 12.8. The second-order valence-electron chi connectivity index (χ2n) is 16.8. The van der Waals surface area contributed by atoms with E-state index >= 15 is 0 Å². The SMILES string of the molecule is CCCCC/C=C\C/C=C\CCCCCCCC(=O)O[C@H](COC(=O)CCC/C=C\C/C=C\C/C=C\C/C=C\C=C\[C@@H](O)CC)COP(=O)(O)OP(=O)(O)OC[C@H]1O[C@@H](n2ccc(N)nc2=O)[C@H](O)[C@@H]1O. The lowest BCUT2D eigenvalue weighted by Crippen LogP contribution is -2.36. The lowest BCUT2D eigenvalue weighted by molar-refractivity contribution is -0.161. The molecule has 8 atom stereocenters. The smallest absolute Gasteiger partial charge is 0.462 e.